The molecule has 0 aliphatic rings. The molecule has 1 aromatic carbocycles. The van der Waals surface area contributed by atoms with Crippen molar-refractivity contribution in [3.8, 4) is 11.5 Å². The zero-order valence-electron chi connectivity index (χ0n) is 8.78. The Morgan fingerprint density at radius 2 is 2.21 bits per heavy atom. The number of hydrogen-bond acceptors (Lipinski definition) is 3. The van der Waals surface area contributed by atoms with Gasteiger partial charge >= 0.3 is 0 Å². The zero-order valence-corrected chi connectivity index (χ0v) is 9.60. The van der Waals surface area contributed by atoms with E-state index >= 15 is 0 Å². The van der Waals surface area contributed by atoms with Crippen LogP contribution in [0.1, 0.15) is 18.4 Å². The number of hydrogen-bond donors (Lipinski definition) is 1. The normalized spacial score (nSPS) is 12.5. The van der Waals surface area contributed by atoms with Gasteiger partial charge in [0.15, 0.2) is 11.5 Å². The van der Waals surface area contributed by atoms with Gasteiger partial charge in [0.1, 0.15) is 0 Å². The van der Waals surface area contributed by atoms with E-state index in [1.54, 1.807) is 13.2 Å². The molecule has 1 aromatic rings. The summed E-state index contributed by atoms with van der Waals surface area (Å²) < 4.78 is 5.06. The molecule has 0 fully saturated rings. The highest BCUT2D eigenvalue weighted by Gasteiger charge is 2.08. The largest absolute Gasteiger partial charge is 0.504 e. The molecule has 0 heterocycles. The van der Waals surface area contributed by atoms with Crippen LogP contribution >= 0.6 is 11.8 Å². The second-order valence-corrected chi connectivity index (χ2v) is 4.20. The van der Waals surface area contributed by atoms with Crippen LogP contribution in [0.25, 0.3) is 0 Å². The Bertz CT molecular complexity index is 299. The Hall–Kier alpha value is -0.830. The molecule has 0 radical (unpaired) electrons. The van der Waals surface area contributed by atoms with Gasteiger partial charge in [-0.25, -0.2) is 0 Å². The lowest BCUT2D eigenvalue weighted by molar-refractivity contribution is 0.373. The third kappa shape index (κ3) is 2.58. The quantitative estimate of drug-likeness (QED) is 0.832. The first-order valence-electron chi connectivity index (χ1n) is 4.55. The van der Waals surface area contributed by atoms with Gasteiger partial charge in [-0.2, -0.15) is 11.8 Å². The molecule has 0 spiro atoms. The molecule has 0 aliphatic heterocycles. The molecule has 0 aliphatic carbocycles. The Kier molecular flexibility index (Phi) is 4.14. The molecule has 1 atom stereocenters. The van der Waals surface area contributed by atoms with Crippen LogP contribution in [-0.4, -0.2) is 24.2 Å². The van der Waals surface area contributed by atoms with E-state index in [0.29, 0.717) is 11.7 Å². The van der Waals surface area contributed by atoms with E-state index in [4.69, 9.17) is 4.74 Å². The third-order valence-electron chi connectivity index (χ3n) is 2.19. The first-order valence-corrected chi connectivity index (χ1v) is 5.94. The SMILES string of the molecule is COc1cc(C(C)CSC)ccc1O. The van der Waals surface area contributed by atoms with E-state index in [0.717, 1.165) is 5.75 Å². The minimum atomic E-state index is 0.201. The number of aromatic hydroxyl groups is 1. The van der Waals surface area contributed by atoms with Gasteiger partial charge in [0, 0.05) is 0 Å². The monoisotopic (exact) mass is 212 g/mol. The van der Waals surface area contributed by atoms with Crippen LogP contribution in [0, 0.1) is 0 Å². The van der Waals surface area contributed by atoms with E-state index < -0.39 is 0 Å². The number of benzene rings is 1. The van der Waals surface area contributed by atoms with Crippen LogP contribution in [0.2, 0.25) is 0 Å². The Morgan fingerprint density at radius 1 is 1.50 bits per heavy atom. The van der Waals surface area contributed by atoms with Gasteiger partial charge in [0.25, 0.3) is 0 Å². The number of methoxy groups -OCH3 is 1. The predicted octanol–water partition coefficient (Wildman–Crippen LogP) is 2.87. The molecule has 0 bridgehead atoms. The molecule has 78 valence electrons. The Morgan fingerprint density at radius 3 is 2.79 bits per heavy atom. The van der Waals surface area contributed by atoms with E-state index in [1.807, 2.05) is 23.9 Å². The first-order chi connectivity index (χ1) is 6.69. The summed E-state index contributed by atoms with van der Waals surface area (Å²) in [5.74, 6) is 2.32. The van der Waals surface area contributed by atoms with Gasteiger partial charge in [0.2, 0.25) is 0 Å². The summed E-state index contributed by atoms with van der Waals surface area (Å²) in [6, 6.07) is 5.53. The number of ether oxygens (including phenoxy) is 1. The lowest BCUT2D eigenvalue weighted by Gasteiger charge is -2.12. The van der Waals surface area contributed by atoms with Crippen molar-refractivity contribution in [3.63, 3.8) is 0 Å². The maximum Gasteiger partial charge on any atom is 0.160 e. The van der Waals surface area contributed by atoms with Crippen molar-refractivity contribution in [1.82, 2.24) is 0 Å². The van der Waals surface area contributed by atoms with Gasteiger partial charge in [0.05, 0.1) is 7.11 Å². The summed E-state index contributed by atoms with van der Waals surface area (Å²) in [5, 5.41) is 9.42. The topological polar surface area (TPSA) is 29.5 Å². The number of rotatable bonds is 4. The van der Waals surface area contributed by atoms with Gasteiger partial charge in [-0.3, -0.25) is 0 Å². The molecule has 0 saturated carbocycles. The van der Waals surface area contributed by atoms with Crippen LogP contribution in [-0.2, 0) is 0 Å². The van der Waals surface area contributed by atoms with E-state index in [1.165, 1.54) is 5.56 Å². The van der Waals surface area contributed by atoms with Gasteiger partial charge in [-0.05, 0) is 35.6 Å². The van der Waals surface area contributed by atoms with Crippen molar-refractivity contribution < 1.29 is 9.84 Å². The lowest BCUT2D eigenvalue weighted by Crippen LogP contribution is -1.97. The Balaban J connectivity index is 2.88. The first kappa shape index (κ1) is 11.2. The summed E-state index contributed by atoms with van der Waals surface area (Å²) >= 11 is 1.82. The van der Waals surface area contributed by atoms with Gasteiger partial charge in [-0.1, -0.05) is 13.0 Å². The summed E-state index contributed by atoms with van der Waals surface area (Å²) in [4.78, 5) is 0. The van der Waals surface area contributed by atoms with Crippen LogP contribution in [0.3, 0.4) is 0 Å². The van der Waals surface area contributed by atoms with Crippen LogP contribution in [0.5, 0.6) is 11.5 Å². The van der Waals surface area contributed by atoms with Crippen molar-refractivity contribution in [2.24, 2.45) is 0 Å². The fourth-order valence-corrected chi connectivity index (χ4v) is 2.04. The molecule has 2 nitrogen and oxygen atoms in total. The van der Waals surface area contributed by atoms with Crippen molar-refractivity contribution in [2.45, 2.75) is 12.8 Å². The van der Waals surface area contributed by atoms with E-state index in [2.05, 4.69) is 13.2 Å². The third-order valence-corrected chi connectivity index (χ3v) is 3.02. The van der Waals surface area contributed by atoms with Crippen molar-refractivity contribution >= 4 is 11.8 Å². The van der Waals surface area contributed by atoms with Crippen LogP contribution < -0.4 is 4.74 Å². The molecule has 1 rings (SSSR count). The average molecular weight is 212 g/mol. The second-order valence-electron chi connectivity index (χ2n) is 3.29. The zero-order chi connectivity index (χ0) is 10.6. The maximum atomic E-state index is 9.42. The van der Waals surface area contributed by atoms with Crippen LogP contribution in [0.4, 0.5) is 0 Å². The Labute approximate surface area is 89.3 Å². The molecule has 3 heteroatoms. The predicted molar refractivity (Wildman–Crippen MR) is 61.5 cm³/mol. The van der Waals surface area contributed by atoms with Gasteiger partial charge in [-0.15, -0.1) is 0 Å². The summed E-state index contributed by atoms with van der Waals surface area (Å²) in [6.45, 7) is 2.17. The lowest BCUT2D eigenvalue weighted by atomic mass is 10.0. The fraction of sp³-hybridized carbons (Fsp3) is 0.455. The standard InChI is InChI=1S/C11H16O2S/c1-8(7-14-3)9-4-5-10(12)11(6-9)13-2/h4-6,8,12H,7H2,1-3H3. The van der Waals surface area contributed by atoms with Crippen LogP contribution in [0.15, 0.2) is 18.2 Å². The highest BCUT2D eigenvalue weighted by Crippen LogP contribution is 2.30. The molecular weight excluding hydrogens is 196 g/mol. The van der Waals surface area contributed by atoms with Crippen molar-refractivity contribution in [3.05, 3.63) is 23.8 Å². The minimum Gasteiger partial charge on any atom is -0.504 e. The number of phenols is 1. The maximum absolute atomic E-state index is 9.42. The minimum absolute atomic E-state index is 0.201. The van der Waals surface area contributed by atoms with Crippen molar-refractivity contribution in [1.29, 1.82) is 0 Å². The molecule has 1 N–H and O–H groups in total. The summed E-state index contributed by atoms with van der Waals surface area (Å²) in [6.07, 6.45) is 2.09. The number of thioether (sulfide) groups is 1. The highest BCUT2D eigenvalue weighted by atomic mass is 32.2. The van der Waals surface area contributed by atoms with Gasteiger partial charge < -0.3 is 9.84 Å². The molecule has 14 heavy (non-hydrogen) atoms. The molecule has 0 amide bonds. The fourth-order valence-electron chi connectivity index (χ4n) is 1.35. The number of phenolic OH excluding ortho intramolecular Hbond substituents is 1. The summed E-state index contributed by atoms with van der Waals surface area (Å²) in [7, 11) is 1.57. The molecule has 0 saturated heterocycles. The smallest absolute Gasteiger partial charge is 0.160 e. The summed E-state index contributed by atoms with van der Waals surface area (Å²) in [5.41, 5.74) is 1.20. The average Bonchev–Trinajstić information content (AvgIpc) is 2.19. The van der Waals surface area contributed by atoms with E-state index in [9.17, 15) is 5.11 Å². The molecule has 0 aromatic heterocycles. The van der Waals surface area contributed by atoms with E-state index in [-0.39, 0.29) is 5.75 Å². The molecular formula is C11H16O2S. The second kappa shape index (κ2) is 5.15. The van der Waals surface area contributed by atoms with Crippen molar-refractivity contribution in [2.75, 3.05) is 19.1 Å². The molecule has 1 unspecified atom stereocenters. The highest BCUT2D eigenvalue weighted by molar-refractivity contribution is 7.98.